The molecule has 0 aromatic heterocycles. The molecule has 3 fully saturated rings. The second-order valence-electron chi connectivity index (χ2n) is 8.13. The summed E-state index contributed by atoms with van der Waals surface area (Å²) in [5.41, 5.74) is 0.552. The molecule has 0 unspecified atom stereocenters. The first-order valence-corrected chi connectivity index (χ1v) is 9.75. The van der Waals surface area contributed by atoms with Gasteiger partial charge >= 0.3 is 0 Å². The maximum absolute atomic E-state index is 6.08. The molecule has 0 amide bonds. The Balaban J connectivity index is 1.49. The lowest BCUT2D eigenvalue weighted by Gasteiger charge is -2.50. The molecular formula is C20H34N2O2. The van der Waals surface area contributed by atoms with Gasteiger partial charge in [0.25, 0.3) is 0 Å². The van der Waals surface area contributed by atoms with Crippen LogP contribution in [0.15, 0.2) is 0 Å². The van der Waals surface area contributed by atoms with Crippen LogP contribution in [0.25, 0.3) is 0 Å². The van der Waals surface area contributed by atoms with Crippen molar-refractivity contribution in [1.29, 1.82) is 0 Å². The molecule has 136 valence electrons. The third-order valence-electron chi connectivity index (χ3n) is 6.15. The monoisotopic (exact) mass is 334 g/mol. The van der Waals surface area contributed by atoms with Crippen LogP contribution in [-0.2, 0) is 9.47 Å². The number of nitrogens with zero attached hydrogens (tertiary/aromatic N) is 2. The van der Waals surface area contributed by atoms with Gasteiger partial charge in [-0.3, -0.25) is 9.80 Å². The normalized spacial score (nSPS) is 35.6. The van der Waals surface area contributed by atoms with Gasteiger partial charge in [-0.2, -0.15) is 0 Å². The minimum atomic E-state index is 0.0866. The van der Waals surface area contributed by atoms with Crippen molar-refractivity contribution in [3.8, 4) is 11.8 Å². The van der Waals surface area contributed by atoms with Crippen LogP contribution in [0.1, 0.15) is 46.0 Å². The summed E-state index contributed by atoms with van der Waals surface area (Å²) in [6.45, 7) is 13.5. The topological polar surface area (TPSA) is 24.9 Å². The number of hydrogen-bond acceptors (Lipinski definition) is 4. The average Bonchev–Trinajstić information content (AvgIpc) is 2.60. The lowest BCUT2D eigenvalue weighted by molar-refractivity contribution is -0.132. The van der Waals surface area contributed by atoms with E-state index in [0.717, 1.165) is 52.4 Å². The lowest BCUT2D eigenvalue weighted by atomic mass is 9.68. The van der Waals surface area contributed by atoms with Crippen LogP contribution in [0.4, 0.5) is 0 Å². The minimum Gasteiger partial charge on any atom is -0.379 e. The standard InChI is InChI=1S/C20H34N2O2/c1-3-19(2)17-20(8-14-24-19)7-6-11-22(18-20)10-5-4-9-21-12-15-23-16-13-21/h3,6-18H2,1-2H3/t19-,20+/m0/s1. The van der Waals surface area contributed by atoms with E-state index in [1.807, 2.05) is 0 Å². The van der Waals surface area contributed by atoms with E-state index in [4.69, 9.17) is 9.47 Å². The third kappa shape index (κ3) is 4.73. The molecule has 24 heavy (non-hydrogen) atoms. The van der Waals surface area contributed by atoms with Crippen LogP contribution < -0.4 is 0 Å². The molecule has 0 N–H and O–H groups in total. The second kappa shape index (κ2) is 8.19. The fourth-order valence-electron chi connectivity index (χ4n) is 4.56. The van der Waals surface area contributed by atoms with Gasteiger partial charge in [-0.25, -0.2) is 0 Å². The Kier molecular flexibility index (Phi) is 6.21. The number of rotatable bonds is 3. The molecule has 0 aromatic rings. The maximum Gasteiger partial charge on any atom is 0.0657 e. The zero-order valence-corrected chi connectivity index (χ0v) is 15.6. The van der Waals surface area contributed by atoms with Crippen LogP contribution in [0, 0.1) is 17.3 Å². The number of piperidine rings is 1. The summed E-state index contributed by atoms with van der Waals surface area (Å²) in [6, 6.07) is 0. The Morgan fingerprint density at radius 3 is 2.46 bits per heavy atom. The molecule has 3 rings (SSSR count). The molecule has 4 heteroatoms. The van der Waals surface area contributed by atoms with Crippen molar-refractivity contribution >= 4 is 0 Å². The quantitative estimate of drug-likeness (QED) is 0.740. The molecular weight excluding hydrogens is 300 g/mol. The van der Waals surface area contributed by atoms with Crippen LogP contribution in [0.3, 0.4) is 0 Å². The summed E-state index contributed by atoms with van der Waals surface area (Å²) in [6.07, 6.45) is 6.23. The van der Waals surface area contributed by atoms with Gasteiger partial charge in [0.05, 0.1) is 31.9 Å². The smallest absolute Gasteiger partial charge is 0.0657 e. The number of morpholine rings is 1. The Morgan fingerprint density at radius 1 is 0.958 bits per heavy atom. The summed E-state index contributed by atoms with van der Waals surface area (Å²) in [5, 5.41) is 0. The van der Waals surface area contributed by atoms with E-state index >= 15 is 0 Å². The van der Waals surface area contributed by atoms with Crippen LogP contribution in [-0.4, -0.2) is 74.5 Å². The van der Waals surface area contributed by atoms with Crippen molar-refractivity contribution in [1.82, 2.24) is 9.80 Å². The van der Waals surface area contributed by atoms with Gasteiger partial charge in [0, 0.05) is 26.2 Å². The molecule has 3 aliphatic heterocycles. The molecule has 1 spiro atoms. The Hall–Kier alpha value is -0.600. The molecule has 0 aromatic carbocycles. The van der Waals surface area contributed by atoms with Gasteiger partial charge in [0.1, 0.15) is 0 Å². The van der Waals surface area contributed by atoms with Gasteiger partial charge in [0.2, 0.25) is 0 Å². The fraction of sp³-hybridized carbons (Fsp3) is 0.900. The van der Waals surface area contributed by atoms with E-state index in [-0.39, 0.29) is 5.60 Å². The summed E-state index contributed by atoms with van der Waals surface area (Å²) in [4.78, 5) is 4.97. The highest BCUT2D eigenvalue weighted by atomic mass is 16.5. The molecule has 0 saturated carbocycles. The zero-order valence-electron chi connectivity index (χ0n) is 15.6. The van der Waals surface area contributed by atoms with Crippen molar-refractivity contribution in [2.45, 2.75) is 51.6 Å². The largest absolute Gasteiger partial charge is 0.379 e. The third-order valence-corrected chi connectivity index (χ3v) is 6.15. The fourth-order valence-corrected chi connectivity index (χ4v) is 4.56. The highest BCUT2D eigenvalue weighted by molar-refractivity contribution is 5.05. The van der Waals surface area contributed by atoms with Crippen molar-refractivity contribution in [3.63, 3.8) is 0 Å². The van der Waals surface area contributed by atoms with Gasteiger partial charge in [0.15, 0.2) is 0 Å². The van der Waals surface area contributed by atoms with E-state index in [1.54, 1.807) is 0 Å². The summed E-state index contributed by atoms with van der Waals surface area (Å²) in [7, 11) is 0. The second-order valence-corrected chi connectivity index (χ2v) is 8.13. The molecule has 3 saturated heterocycles. The zero-order chi connectivity index (χ0) is 16.9. The number of likely N-dealkylation sites (tertiary alicyclic amines) is 1. The summed E-state index contributed by atoms with van der Waals surface area (Å²) in [5.74, 6) is 6.80. The molecule has 3 aliphatic rings. The van der Waals surface area contributed by atoms with Gasteiger partial charge in [-0.05, 0) is 51.0 Å². The Bertz CT molecular complexity index is 462. The average molecular weight is 335 g/mol. The van der Waals surface area contributed by atoms with E-state index in [9.17, 15) is 0 Å². The Labute approximate surface area is 147 Å². The SMILES string of the molecule is CC[C@@]1(C)C[C@@]2(CCCN(CC#CCN3CCOCC3)C2)CCO1. The van der Waals surface area contributed by atoms with Gasteiger partial charge in [-0.1, -0.05) is 18.8 Å². The van der Waals surface area contributed by atoms with Crippen LogP contribution >= 0.6 is 0 Å². The van der Waals surface area contributed by atoms with Crippen molar-refractivity contribution in [2.75, 3.05) is 59.1 Å². The van der Waals surface area contributed by atoms with E-state index in [2.05, 4.69) is 35.5 Å². The highest BCUT2D eigenvalue weighted by Gasteiger charge is 2.44. The number of ether oxygens (including phenoxy) is 2. The maximum atomic E-state index is 6.08. The van der Waals surface area contributed by atoms with Crippen LogP contribution in [0.5, 0.6) is 0 Å². The molecule has 0 aliphatic carbocycles. The first kappa shape index (κ1) is 18.2. The molecule has 2 atom stereocenters. The van der Waals surface area contributed by atoms with Crippen molar-refractivity contribution < 1.29 is 9.47 Å². The lowest BCUT2D eigenvalue weighted by Crippen LogP contribution is -2.51. The van der Waals surface area contributed by atoms with Crippen LogP contribution in [0.2, 0.25) is 0 Å². The predicted octanol–water partition coefficient (Wildman–Crippen LogP) is 2.38. The highest BCUT2D eigenvalue weighted by Crippen LogP contribution is 2.45. The van der Waals surface area contributed by atoms with Crippen molar-refractivity contribution in [3.05, 3.63) is 0 Å². The predicted molar refractivity (Wildman–Crippen MR) is 97.0 cm³/mol. The van der Waals surface area contributed by atoms with E-state index in [0.29, 0.717) is 5.41 Å². The van der Waals surface area contributed by atoms with E-state index < -0.39 is 0 Å². The number of hydrogen-bond donors (Lipinski definition) is 0. The molecule has 3 heterocycles. The molecule has 0 bridgehead atoms. The van der Waals surface area contributed by atoms with E-state index in [1.165, 1.54) is 38.8 Å². The first-order chi connectivity index (χ1) is 11.6. The Morgan fingerprint density at radius 2 is 1.71 bits per heavy atom. The first-order valence-electron chi connectivity index (χ1n) is 9.75. The molecule has 4 nitrogen and oxygen atoms in total. The summed E-state index contributed by atoms with van der Waals surface area (Å²) >= 11 is 0. The summed E-state index contributed by atoms with van der Waals surface area (Å²) < 4.78 is 11.5. The minimum absolute atomic E-state index is 0.0866. The van der Waals surface area contributed by atoms with Crippen molar-refractivity contribution in [2.24, 2.45) is 5.41 Å². The molecule has 0 radical (unpaired) electrons. The van der Waals surface area contributed by atoms with Gasteiger partial charge in [-0.15, -0.1) is 0 Å². The van der Waals surface area contributed by atoms with Gasteiger partial charge < -0.3 is 9.47 Å².